The molecule has 0 aliphatic rings. The summed E-state index contributed by atoms with van der Waals surface area (Å²) in [5.74, 6) is 0.618. The van der Waals surface area contributed by atoms with Crippen LogP contribution in [0.2, 0.25) is 0 Å². The molecule has 17 heavy (non-hydrogen) atoms. The van der Waals surface area contributed by atoms with Crippen molar-refractivity contribution in [1.82, 2.24) is 15.2 Å². The van der Waals surface area contributed by atoms with Gasteiger partial charge < -0.3 is 21.3 Å². The number of anilines is 2. The molecule has 0 aliphatic heterocycles. The molecular weight excluding hydrogens is 286 g/mol. The highest BCUT2D eigenvalue weighted by Gasteiger charge is 2.03. The SMILES string of the molecule is CN(C)C(=O)NCCNc1ncc(Br)cc1N. The number of nitrogens with two attached hydrogens (primary N) is 1. The number of nitrogens with zero attached hydrogens (tertiary/aromatic N) is 2. The Morgan fingerprint density at radius 3 is 2.82 bits per heavy atom. The van der Waals surface area contributed by atoms with Crippen LogP contribution < -0.4 is 16.4 Å². The Balaban J connectivity index is 2.34. The molecule has 0 bridgehead atoms. The van der Waals surface area contributed by atoms with E-state index in [1.165, 1.54) is 4.90 Å². The maximum absolute atomic E-state index is 11.2. The number of rotatable bonds is 4. The largest absolute Gasteiger partial charge is 0.396 e. The summed E-state index contributed by atoms with van der Waals surface area (Å²) in [4.78, 5) is 16.8. The van der Waals surface area contributed by atoms with Crippen molar-refractivity contribution in [3.63, 3.8) is 0 Å². The van der Waals surface area contributed by atoms with Gasteiger partial charge in [0.15, 0.2) is 0 Å². The fourth-order valence-electron chi connectivity index (χ4n) is 1.11. The third-order valence-corrected chi connectivity index (χ3v) is 2.42. The van der Waals surface area contributed by atoms with Gasteiger partial charge in [-0.3, -0.25) is 0 Å². The van der Waals surface area contributed by atoms with E-state index in [1.807, 2.05) is 0 Å². The molecular formula is C10H16BrN5O. The van der Waals surface area contributed by atoms with E-state index in [9.17, 15) is 4.79 Å². The molecule has 0 radical (unpaired) electrons. The van der Waals surface area contributed by atoms with Crippen LogP contribution in [-0.4, -0.2) is 43.1 Å². The third kappa shape index (κ3) is 4.48. The molecule has 4 N–H and O–H groups in total. The Kier molecular flexibility index (Phi) is 5.02. The quantitative estimate of drug-likeness (QED) is 0.728. The average molecular weight is 302 g/mol. The summed E-state index contributed by atoms with van der Waals surface area (Å²) in [5.41, 5.74) is 6.33. The number of carbonyl (C=O) groups excluding carboxylic acids is 1. The predicted octanol–water partition coefficient (Wildman–Crippen LogP) is 1.11. The molecule has 0 aromatic carbocycles. The summed E-state index contributed by atoms with van der Waals surface area (Å²) in [6, 6.07) is 1.65. The van der Waals surface area contributed by atoms with Gasteiger partial charge in [-0.15, -0.1) is 0 Å². The lowest BCUT2D eigenvalue weighted by molar-refractivity contribution is 0.218. The van der Waals surface area contributed by atoms with Gasteiger partial charge in [-0.25, -0.2) is 9.78 Å². The molecule has 1 heterocycles. The van der Waals surface area contributed by atoms with Crippen molar-refractivity contribution in [1.29, 1.82) is 0 Å². The van der Waals surface area contributed by atoms with E-state index in [4.69, 9.17) is 5.73 Å². The van der Waals surface area contributed by atoms with Gasteiger partial charge in [-0.1, -0.05) is 0 Å². The van der Waals surface area contributed by atoms with E-state index in [1.54, 1.807) is 26.4 Å². The maximum atomic E-state index is 11.2. The fourth-order valence-corrected chi connectivity index (χ4v) is 1.46. The van der Waals surface area contributed by atoms with Gasteiger partial charge in [-0.05, 0) is 22.0 Å². The highest BCUT2D eigenvalue weighted by molar-refractivity contribution is 9.10. The number of urea groups is 1. The van der Waals surface area contributed by atoms with Crippen LogP contribution in [-0.2, 0) is 0 Å². The third-order valence-electron chi connectivity index (χ3n) is 1.98. The second-order valence-electron chi connectivity index (χ2n) is 3.64. The molecule has 2 amide bonds. The van der Waals surface area contributed by atoms with Crippen LogP contribution >= 0.6 is 15.9 Å². The molecule has 7 heteroatoms. The number of amides is 2. The summed E-state index contributed by atoms with van der Waals surface area (Å²) in [5, 5.41) is 5.77. The van der Waals surface area contributed by atoms with Crippen molar-refractivity contribution in [2.45, 2.75) is 0 Å². The maximum Gasteiger partial charge on any atom is 0.316 e. The molecule has 0 aliphatic carbocycles. The number of halogens is 1. The summed E-state index contributed by atoms with van der Waals surface area (Å²) in [7, 11) is 3.38. The van der Waals surface area contributed by atoms with Gasteiger partial charge in [0.2, 0.25) is 0 Å². The molecule has 1 aromatic rings. The van der Waals surface area contributed by atoms with Crippen LogP contribution in [0.1, 0.15) is 0 Å². The molecule has 1 aromatic heterocycles. The van der Waals surface area contributed by atoms with E-state index in [-0.39, 0.29) is 6.03 Å². The number of nitrogen functional groups attached to an aromatic ring is 1. The zero-order valence-corrected chi connectivity index (χ0v) is 11.4. The number of hydrogen-bond acceptors (Lipinski definition) is 4. The molecule has 0 fully saturated rings. The lowest BCUT2D eigenvalue weighted by Gasteiger charge is -2.13. The van der Waals surface area contributed by atoms with Crippen LogP contribution in [0.5, 0.6) is 0 Å². The van der Waals surface area contributed by atoms with Crippen LogP contribution in [0.15, 0.2) is 16.7 Å². The van der Waals surface area contributed by atoms with Crippen molar-refractivity contribution in [3.05, 3.63) is 16.7 Å². The fraction of sp³-hybridized carbons (Fsp3) is 0.400. The highest BCUT2D eigenvalue weighted by atomic mass is 79.9. The predicted molar refractivity (Wildman–Crippen MR) is 71.9 cm³/mol. The lowest BCUT2D eigenvalue weighted by Crippen LogP contribution is -2.37. The summed E-state index contributed by atoms with van der Waals surface area (Å²) < 4.78 is 0.835. The normalized spacial score (nSPS) is 9.82. The van der Waals surface area contributed by atoms with Gasteiger partial charge in [0, 0.05) is 37.9 Å². The van der Waals surface area contributed by atoms with Crippen molar-refractivity contribution < 1.29 is 4.79 Å². The zero-order valence-electron chi connectivity index (χ0n) is 9.83. The van der Waals surface area contributed by atoms with Gasteiger partial charge in [0.05, 0.1) is 5.69 Å². The standard InChI is InChI=1S/C10H16BrN5O/c1-16(2)10(17)14-4-3-13-9-8(12)5-7(11)6-15-9/h5-6H,3-4,12H2,1-2H3,(H,13,15)(H,14,17). The van der Waals surface area contributed by atoms with E-state index >= 15 is 0 Å². The monoisotopic (exact) mass is 301 g/mol. The number of hydrogen-bond donors (Lipinski definition) is 3. The van der Waals surface area contributed by atoms with Gasteiger partial charge >= 0.3 is 6.03 Å². The van der Waals surface area contributed by atoms with Crippen LogP contribution in [0.4, 0.5) is 16.3 Å². The van der Waals surface area contributed by atoms with Crippen LogP contribution in [0.3, 0.4) is 0 Å². The first-order valence-corrected chi connectivity index (χ1v) is 5.90. The van der Waals surface area contributed by atoms with Crippen LogP contribution in [0, 0.1) is 0 Å². The number of carbonyl (C=O) groups is 1. The Bertz CT molecular complexity index is 396. The second-order valence-corrected chi connectivity index (χ2v) is 4.56. The van der Waals surface area contributed by atoms with Gasteiger partial charge in [0.25, 0.3) is 0 Å². The summed E-state index contributed by atoms with van der Waals surface area (Å²) >= 11 is 3.28. The average Bonchev–Trinajstić information content (AvgIpc) is 2.26. The van der Waals surface area contributed by atoms with E-state index in [0.717, 1.165) is 4.47 Å². The minimum atomic E-state index is -0.122. The first-order chi connectivity index (χ1) is 8.00. The lowest BCUT2D eigenvalue weighted by atomic mass is 10.4. The van der Waals surface area contributed by atoms with Crippen molar-refractivity contribution in [2.24, 2.45) is 0 Å². The number of aromatic nitrogens is 1. The Morgan fingerprint density at radius 1 is 1.53 bits per heavy atom. The van der Waals surface area contributed by atoms with Crippen molar-refractivity contribution in [2.75, 3.05) is 38.2 Å². The second kappa shape index (κ2) is 6.29. The number of nitrogens with one attached hydrogen (secondary N) is 2. The smallest absolute Gasteiger partial charge is 0.316 e. The van der Waals surface area contributed by atoms with E-state index < -0.39 is 0 Å². The van der Waals surface area contributed by atoms with Crippen molar-refractivity contribution in [3.8, 4) is 0 Å². The molecule has 0 saturated carbocycles. The molecule has 0 saturated heterocycles. The summed E-state index contributed by atoms with van der Waals surface area (Å²) in [6.07, 6.45) is 1.66. The molecule has 0 unspecified atom stereocenters. The van der Waals surface area contributed by atoms with Crippen LogP contribution in [0.25, 0.3) is 0 Å². The molecule has 1 rings (SSSR count). The minimum absolute atomic E-state index is 0.122. The first kappa shape index (κ1) is 13.6. The molecule has 0 spiro atoms. The topological polar surface area (TPSA) is 83.3 Å². The molecule has 6 nitrogen and oxygen atoms in total. The van der Waals surface area contributed by atoms with E-state index in [2.05, 4.69) is 31.5 Å². The first-order valence-electron chi connectivity index (χ1n) is 5.10. The Labute approximate surface area is 109 Å². The molecule has 0 atom stereocenters. The number of pyridine rings is 1. The van der Waals surface area contributed by atoms with Gasteiger partial charge in [0.1, 0.15) is 5.82 Å². The van der Waals surface area contributed by atoms with Gasteiger partial charge in [-0.2, -0.15) is 0 Å². The highest BCUT2D eigenvalue weighted by Crippen LogP contribution is 2.19. The van der Waals surface area contributed by atoms with Crippen molar-refractivity contribution >= 4 is 33.5 Å². The summed E-state index contributed by atoms with van der Waals surface area (Å²) in [6.45, 7) is 1.08. The Hall–Kier alpha value is -1.50. The molecule has 94 valence electrons. The minimum Gasteiger partial charge on any atom is -0.396 e. The Morgan fingerprint density at radius 2 is 2.24 bits per heavy atom. The van der Waals surface area contributed by atoms with E-state index in [0.29, 0.717) is 24.6 Å². The zero-order chi connectivity index (χ0) is 12.8.